The predicted octanol–water partition coefficient (Wildman–Crippen LogP) is 5.06. The number of rotatable bonds is 7. The fourth-order valence-electron chi connectivity index (χ4n) is 2.11. The van der Waals surface area contributed by atoms with Crippen molar-refractivity contribution in [3.05, 3.63) is 62.4 Å². The highest BCUT2D eigenvalue weighted by Crippen LogP contribution is 2.29. The minimum atomic E-state index is -0.928. The van der Waals surface area contributed by atoms with Gasteiger partial charge in [-0.1, -0.05) is 36.0 Å². The Hall–Kier alpha value is -1.91. The number of carboxylic acid groups (broad SMARTS) is 1. The number of ether oxygens (including phenoxy) is 1. The number of hydrogen-bond donors (Lipinski definition) is 1. The number of aliphatic carboxylic acids is 1. The third kappa shape index (κ3) is 6.38. The summed E-state index contributed by atoms with van der Waals surface area (Å²) >= 11 is 1.77. The monoisotopic (exact) mass is 332 g/mol. The van der Waals surface area contributed by atoms with Crippen molar-refractivity contribution in [2.75, 3.05) is 7.11 Å². The molecule has 0 unspecified atom stereocenters. The van der Waals surface area contributed by atoms with Crippen molar-refractivity contribution in [2.45, 2.75) is 34.3 Å². The number of thiophene rings is 1. The van der Waals surface area contributed by atoms with Crippen LogP contribution in [0.1, 0.15) is 34.7 Å². The Balaban J connectivity index is 2.83. The van der Waals surface area contributed by atoms with Crippen LogP contribution >= 0.6 is 11.3 Å². The lowest BCUT2D eigenvalue weighted by molar-refractivity contribution is -0.131. The molecule has 0 fully saturated rings. The zero-order valence-corrected chi connectivity index (χ0v) is 15.2. The summed E-state index contributed by atoms with van der Waals surface area (Å²) in [5.74, 6) is -0.928. The molecule has 1 aromatic heterocycles. The lowest BCUT2D eigenvalue weighted by Gasteiger charge is -1.98. The van der Waals surface area contributed by atoms with E-state index in [1.165, 1.54) is 27.0 Å². The number of allylic oxidation sites excluding steroid dienone is 6. The van der Waals surface area contributed by atoms with Crippen molar-refractivity contribution in [3.63, 3.8) is 0 Å². The Morgan fingerprint density at radius 1 is 1.22 bits per heavy atom. The van der Waals surface area contributed by atoms with Crippen molar-refractivity contribution in [1.82, 2.24) is 0 Å². The molecule has 0 aliphatic rings. The van der Waals surface area contributed by atoms with Crippen LogP contribution in [0.2, 0.25) is 0 Å². The zero-order chi connectivity index (χ0) is 17.4. The highest BCUT2D eigenvalue weighted by Gasteiger charge is 2.09. The van der Waals surface area contributed by atoms with Gasteiger partial charge in [0.25, 0.3) is 0 Å². The number of hydrogen-bond acceptors (Lipinski definition) is 3. The van der Waals surface area contributed by atoms with Crippen molar-refractivity contribution in [3.8, 4) is 0 Å². The Morgan fingerprint density at radius 3 is 2.52 bits per heavy atom. The summed E-state index contributed by atoms with van der Waals surface area (Å²) in [5.41, 5.74) is 4.33. The first-order chi connectivity index (χ1) is 10.8. The molecule has 0 radical (unpaired) electrons. The van der Waals surface area contributed by atoms with E-state index in [2.05, 4.69) is 26.0 Å². The van der Waals surface area contributed by atoms with E-state index >= 15 is 0 Å². The Kier molecular flexibility index (Phi) is 7.72. The summed E-state index contributed by atoms with van der Waals surface area (Å²) in [7, 11) is 1.71. The van der Waals surface area contributed by atoms with Gasteiger partial charge >= 0.3 is 5.97 Å². The molecule has 0 spiro atoms. The van der Waals surface area contributed by atoms with E-state index in [1.807, 2.05) is 19.1 Å². The van der Waals surface area contributed by atoms with E-state index in [0.29, 0.717) is 12.2 Å². The summed E-state index contributed by atoms with van der Waals surface area (Å²) in [4.78, 5) is 13.1. The van der Waals surface area contributed by atoms with Crippen molar-refractivity contribution in [1.29, 1.82) is 0 Å². The number of carboxylic acids is 1. The van der Waals surface area contributed by atoms with E-state index < -0.39 is 5.97 Å². The number of methoxy groups -OCH3 is 1. The molecule has 0 aliphatic carbocycles. The van der Waals surface area contributed by atoms with Crippen LogP contribution in [0.15, 0.2) is 41.5 Å². The molecular weight excluding hydrogens is 308 g/mol. The van der Waals surface area contributed by atoms with E-state index in [4.69, 9.17) is 9.84 Å². The van der Waals surface area contributed by atoms with Crippen LogP contribution in [-0.4, -0.2) is 18.2 Å². The van der Waals surface area contributed by atoms with Gasteiger partial charge in [-0.25, -0.2) is 4.79 Å². The second kappa shape index (κ2) is 9.28. The highest BCUT2D eigenvalue weighted by atomic mass is 32.1. The Bertz CT molecular complexity index is 673. The second-order valence-corrected chi connectivity index (χ2v) is 6.69. The molecule has 1 rings (SSSR count). The molecule has 0 aromatic carbocycles. The predicted molar refractivity (Wildman–Crippen MR) is 97.8 cm³/mol. The molecule has 23 heavy (non-hydrogen) atoms. The molecule has 124 valence electrons. The largest absolute Gasteiger partial charge is 0.478 e. The summed E-state index contributed by atoms with van der Waals surface area (Å²) in [6.45, 7) is 8.67. The van der Waals surface area contributed by atoms with Crippen molar-refractivity contribution >= 4 is 23.4 Å². The summed E-state index contributed by atoms with van der Waals surface area (Å²) in [6, 6.07) is 0. The minimum Gasteiger partial charge on any atom is -0.478 e. The van der Waals surface area contributed by atoms with Gasteiger partial charge < -0.3 is 9.84 Å². The third-order valence-corrected chi connectivity index (χ3v) is 4.53. The van der Waals surface area contributed by atoms with Crippen molar-refractivity contribution < 1.29 is 14.6 Å². The maximum atomic E-state index is 10.5. The quantitative estimate of drug-likeness (QED) is 0.561. The van der Waals surface area contributed by atoms with Gasteiger partial charge in [0, 0.05) is 22.9 Å². The van der Waals surface area contributed by atoms with Gasteiger partial charge in [0.05, 0.1) is 6.61 Å². The van der Waals surface area contributed by atoms with Crippen LogP contribution in [0, 0.1) is 13.8 Å². The first-order valence-corrected chi connectivity index (χ1v) is 8.19. The molecule has 1 N–H and O–H groups in total. The van der Waals surface area contributed by atoms with Gasteiger partial charge in [-0.05, 0) is 44.4 Å². The average molecular weight is 332 g/mol. The van der Waals surface area contributed by atoms with Gasteiger partial charge in [-0.15, -0.1) is 11.3 Å². The van der Waals surface area contributed by atoms with Gasteiger partial charge in [-0.2, -0.15) is 0 Å². The molecule has 1 heterocycles. The maximum Gasteiger partial charge on any atom is 0.328 e. The fraction of sp³-hybridized carbons (Fsp3) is 0.316. The van der Waals surface area contributed by atoms with Crippen LogP contribution in [0.3, 0.4) is 0 Å². The third-order valence-electron chi connectivity index (χ3n) is 3.34. The lowest BCUT2D eigenvalue weighted by Crippen LogP contribution is -1.87. The van der Waals surface area contributed by atoms with Crippen LogP contribution in [0.5, 0.6) is 0 Å². The van der Waals surface area contributed by atoms with E-state index in [1.54, 1.807) is 31.4 Å². The van der Waals surface area contributed by atoms with Gasteiger partial charge in [0.2, 0.25) is 0 Å². The van der Waals surface area contributed by atoms with Crippen LogP contribution in [-0.2, 0) is 16.1 Å². The SMILES string of the molecule is COCc1sc(C)c(/C=C/C(C)=C/C=C/C(C)=C/C(=O)O)c1C. The molecule has 0 saturated carbocycles. The molecule has 4 heteroatoms. The van der Waals surface area contributed by atoms with Crippen LogP contribution < -0.4 is 0 Å². The lowest BCUT2D eigenvalue weighted by atomic mass is 10.1. The molecule has 1 aromatic rings. The Morgan fingerprint density at radius 2 is 1.91 bits per heavy atom. The second-order valence-electron chi connectivity index (χ2n) is 5.38. The molecule has 0 saturated heterocycles. The molecular formula is C19H24O3S. The zero-order valence-electron chi connectivity index (χ0n) is 14.3. The highest BCUT2D eigenvalue weighted by molar-refractivity contribution is 7.12. The normalized spacial score (nSPS) is 13.4. The summed E-state index contributed by atoms with van der Waals surface area (Å²) in [5, 5.41) is 8.65. The molecule has 0 aliphatic heterocycles. The van der Waals surface area contributed by atoms with Gasteiger partial charge in [0.15, 0.2) is 0 Å². The van der Waals surface area contributed by atoms with Gasteiger partial charge in [-0.3, -0.25) is 0 Å². The number of aryl methyl sites for hydroxylation is 1. The van der Waals surface area contributed by atoms with E-state index in [-0.39, 0.29) is 0 Å². The minimum absolute atomic E-state index is 0.651. The smallest absolute Gasteiger partial charge is 0.328 e. The summed E-state index contributed by atoms with van der Waals surface area (Å²) in [6.07, 6.45) is 11.0. The number of carbonyl (C=O) groups is 1. The molecule has 0 atom stereocenters. The standard InChI is InChI=1S/C19H24O3S/c1-13(7-6-8-14(2)11-19(20)21)9-10-17-15(3)18(12-22-5)23-16(17)4/h6-11H,12H2,1-5H3,(H,20,21)/b8-6+,10-9+,13-7+,14-11+. The first kappa shape index (κ1) is 19.1. The molecule has 3 nitrogen and oxygen atoms in total. The van der Waals surface area contributed by atoms with E-state index in [9.17, 15) is 4.79 Å². The average Bonchev–Trinajstić information content (AvgIpc) is 2.71. The molecule has 0 amide bonds. The fourth-order valence-corrected chi connectivity index (χ4v) is 3.25. The topological polar surface area (TPSA) is 46.5 Å². The van der Waals surface area contributed by atoms with E-state index in [0.717, 1.165) is 5.57 Å². The van der Waals surface area contributed by atoms with Crippen LogP contribution in [0.25, 0.3) is 6.08 Å². The Labute approximate surface area is 142 Å². The molecule has 0 bridgehead atoms. The van der Waals surface area contributed by atoms with Gasteiger partial charge in [0.1, 0.15) is 0 Å². The van der Waals surface area contributed by atoms with Crippen LogP contribution in [0.4, 0.5) is 0 Å². The van der Waals surface area contributed by atoms with Crippen molar-refractivity contribution in [2.24, 2.45) is 0 Å². The first-order valence-electron chi connectivity index (χ1n) is 7.37. The maximum absolute atomic E-state index is 10.5. The summed E-state index contributed by atoms with van der Waals surface area (Å²) < 4.78 is 5.22.